The second-order valence-corrected chi connectivity index (χ2v) is 8.26. The van der Waals surface area contributed by atoms with Gasteiger partial charge in [0.15, 0.2) is 0 Å². The van der Waals surface area contributed by atoms with Gasteiger partial charge in [0.25, 0.3) is 0 Å². The van der Waals surface area contributed by atoms with Gasteiger partial charge >= 0.3 is 65.1 Å². The van der Waals surface area contributed by atoms with Gasteiger partial charge in [-0.3, -0.25) is 4.79 Å². The van der Waals surface area contributed by atoms with E-state index in [1.807, 2.05) is 0 Å². The molecule has 0 bridgehead atoms. The molecule has 0 N–H and O–H groups in total. The Balaban J connectivity index is -0.00000364. The van der Waals surface area contributed by atoms with E-state index in [1.165, 1.54) is 64.2 Å². The molecule has 0 spiro atoms. The minimum Gasteiger partial charge on any atom is -0.790 e. The standard InChI is InChI=1S/C20H41O7P.2Na/c1-2-3-4-5-6-7-8-9-10-11-12-13-14-15-20(21)26-18-16-25-17-19-27-28(22,23)24;;/h2-19H2,1H3,(H2,22,23,24);;/q;2*+1/p-2. The Morgan fingerprint density at radius 2 is 1.13 bits per heavy atom. The van der Waals surface area contributed by atoms with Crippen molar-refractivity contribution in [2.75, 3.05) is 26.4 Å². The number of ether oxygens (including phenoxy) is 2. The Morgan fingerprint density at radius 3 is 1.60 bits per heavy atom. The van der Waals surface area contributed by atoms with Gasteiger partial charge in [-0.05, 0) is 6.42 Å². The van der Waals surface area contributed by atoms with Gasteiger partial charge in [-0.2, -0.15) is 0 Å². The maximum absolute atomic E-state index is 11.5. The van der Waals surface area contributed by atoms with Crippen LogP contribution in [-0.4, -0.2) is 32.4 Å². The molecule has 0 unspecified atom stereocenters. The number of carbonyl (C=O) groups excluding carboxylic acids is 1. The second kappa shape index (κ2) is 26.8. The van der Waals surface area contributed by atoms with Crippen LogP contribution in [-0.2, 0) is 23.4 Å². The third-order valence-corrected chi connectivity index (χ3v) is 4.95. The first kappa shape index (κ1) is 36.1. The van der Waals surface area contributed by atoms with E-state index in [-0.39, 0.29) is 91.5 Å². The number of phosphoric ester groups is 1. The molecule has 0 saturated heterocycles. The number of rotatable bonds is 21. The quantitative estimate of drug-likeness (QED) is 0.0821. The summed E-state index contributed by atoms with van der Waals surface area (Å²) in [5.41, 5.74) is 0. The maximum atomic E-state index is 11.5. The summed E-state index contributed by atoms with van der Waals surface area (Å²) in [4.78, 5) is 31.9. The zero-order valence-corrected chi connectivity index (χ0v) is 24.4. The summed E-state index contributed by atoms with van der Waals surface area (Å²) in [6.07, 6.45) is 16.8. The number of esters is 1. The van der Waals surface area contributed by atoms with Gasteiger partial charge in [0, 0.05) is 6.42 Å². The minimum absolute atomic E-state index is 0. The van der Waals surface area contributed by atoms with Gasteiger partial charge in [0.2, 0.25) is 0 Å². The Labute approximate surface area is 227 Å². The predicted molar refractivity (Wildman–Crippen MR) is 106 cm³/mol. The Morgan fingerprint density at radius 1 is 0.700 bits per heavy atom. The topological polar surface area (TPSA) is 108 Å². The Hall–Kier alpha value is 1.54. The summed E-state index contributed by atoms with van der Waals surface area (Å²) in [5.74, 6) is -0.244. The summed E-state index contributed by atoms with van der Waals surface area (Å²) >= 11 is 0. The average Bonchev–Trinajstić information content (AvgIpc) is 2.64. The first-order chi connectivity index (χ1) is 13.5. The fraction of sp³-hybridized carbons (Fsp3) is 0.950. The molecule has 0 heterocycles. The summed E-state index contributed by atoms with van der Waals surface area (Å²) in [6.45, 7) is 2.15. The third-order valence-electron chi connectivity index (χ3n) is 4.45. The van der Waals surface area contributed by atoms with Crippen LogP contribution in [0.4, 0.5) is 0 Å². The fourth-order valence-electron chi connectivity index (χ4n) is 2.88. The van der Waals surface area contributed by atoms with Crippen molar-refractivity contribution in [2.24, 2.45) is 0 Å². The molecule has 168 valence electrons. The number of hydrogen-bond donors (Lipinski definition) is 0. The van der Waals surface area contributed by atoms with Gasteiger partial charge in [-0.15, -0.1) is 0 Å². The van der Waals surface area contributed by atoms with E-state index in [9.17, 15) is 19.1 Å². The molecule has 0 fully saturated rings. The first-order valence-electron chi connectivity index (χ1n) is 10.9. The van der Waals surface area contributed by atoms with Crippen molar-refractivity contribution in [3.8, 4) is 0 Å². The molecule has 10 heteroatoms. The Bertz CT molecular complexity index is 409. The van der Waals surface area contributed by atoms with Gasteiger partial charge in [0.05, 0.1) is 27.6 Å². The molecule has 0 amide bonds. The molecule has 0 aliphatic carbocycles. The monoisotopic (exact) mass is 468 g/mol. The summed E-state index contributed by atoms with van der Waals surface area (Å²) < 4.78 is 24.2. The van der Waals surface area contributed by atoms with Crippen LogP contribution in [0.15, 0.2) is 0 Å². The summed E-state index contributed by atoms with van der Waals surface area (Å²) in [6, 6.07) is 0. The molecule has 0 aromatic carbocycles. The van der Waals surface area contributed by atoms with Crippen molar-refractivity contribution in [3.63, 3.8) is 0 Å². The van der Waals surface area contributed by atoms with E-state index >= 15 is 0 Å². The van der Waals surface area contributed by atoms with Gasteiger partial charge < -0.3 is 28.3 Å². The molecule has 30 heavy (non-hydrogen) atoms. The van der Waals surface area contributed by atoms with Crippen LogP contribution in [0.2, 0.25) is 0 Å². The molecule has 0 aromatic heterocycles. The molecule has 0 aliphatic rings. The zero-order valence-electron chi connectivity index (χ0n) is 19.5. The van der Waals surface area contributed by atoms with E-state index in [4.69, 9.17) is 9.47 Å². The Kier molecular flexibility index (Phi) is 32.3. The van der Waals surface area contributed by atoms with Crippen LogP contribution in [0.3, 0.4) is 0 Å². The van der Waals surface area contributed by atoms with Gasteiger partial charge in [-0.25, -0.2) is 0 Å². The van der Waals surface area contributed by atoms with E-state index in [2.05, 4.69) is 11.4 Å². The molecular weight excluding hydrogens is 429 g/mol. The van der Waals surface area contributed by atoms with Gasteiger partial charge in [0.1, 0.15) is 6.61 Å². The molecule has 0 atom stereocenters. The average molecular weight is 468 g/mol. The zero-order chi connectivity index (χ0) is 20.9. The van der Waals surface area contributed by atoms with E-state index in [1.54, 1.807) is 0 Å². The number of hydrogen-bond acceptors (Lipinski definition) is 7. The molecule has 0 aliphatic heterocycles. The molecular formula is C20H39Na2O7P. The van der Waals surface area contributed by atoms with Crippen LogP contribution in [0.1, 0.15) is 96.8 Å². The number of carbonyl (C=O) groups is 1. The van der Waals surface area contributed by atoms with Gasteiger partial charge in [-0.1, -0.05) is 84.0 Å². The molecule has 0 saturated carbocycles. The van der Waals surface area contributed by atoms with Crippen LogP contribution >= 0.6 is 7.82 Å². The molecule has 0 aromatic rings. The van der Waals surface area contributed by atoms with Crippen molar-refractivity contribution in [2.45, 2.75) is 96.8 Å². The van der Waals surface area contributed by atoms with E-state index < -0.39 is 7.82 Å². The number of phosphoric acid groups is 1. The van der Waals surface area contributed by atoms with Crippen molar-refractivity contribution in [1.82, 2.24) is 0 Å². The van der Waals surface area contributed by atoms with Crippen LogP contribution < -0.4 is 68.9 Å². The van der Waals surface area contributed by atoms with Crippen molar-refractivity contribution in [3.05, 3.63) is 0 Å². The number of unbranched alkanes of at least 4 members (excludes halogenated alkanes) is 12. The fourth-order valence-corrected chi connectivity index (χ4v) is 3.18. The van der Waals surface area contributed by atoms with Crippen LogP contribution in [0.25, 0.3) is 0 Å². The first-order valence-corrected chi connectivity index (χ1v) is 12.3. The van der Waals surface area contributed by atoms with Crippen molar-refractivity contribution < 1.29 is 92.3 Å². The van der Waals surface area contributed by atoms with E-state index in [0.717, 1.165) is 19.3 Å². The van der Waals surface area contributed by atoms with Crippen LogP contribution in [0.5, 0.6) is 0 Å². The molecule has 0 radical (unpaired) electrons. The summed E-state index contributed by atoms with van der Waals surface area (Å²) in [7, 11) is -4.94. The summed E-state index contributed by atoms with van der Waals surface area (Å²) in [5, 5.41) is 0. The third kappa shape index (κ3) is 31.7. The normalized spacial score (nSPS) is 10.9. The second-order valence-electron chi connectivity index (χ2n) is 7.11. The van der Waals surface area contributed by atoms with Crippen LogP contribution in [0, 0.1) is 0 Å². The maximum Gasteiger partial charge on any atom is 1.00 e. The van der Waals surface area contributed by atoms with Crippen molar-refractivity contribution in [1.29, 1.82) is 0 Å². The van der Waals surface area contributed by atoms with E-state index in [0.29, 0.717) is 6.42 Å². The molecule has 7 nitrogen and oxygen atoms in total. The SMILES string of the molecule is CCCCCCCCCCCCCCCC(=O)OCCOCCOP(=O)([O-])[O-].[Na+].[Na+]. The predicted octanol–water partition coefficient (Wildman–Crippen LogP) is -2.12. The minimum atomic E-state index is -4.94. The smallest absolute Gasteiger partial charge is 0.790 e. The van der Waals surface area contributed by atoms with Crippen molar-refractivity contribution >= 4 is 13.8 Å². The largest absolute Gasteiger partial charge is 1.00 e. The molecule has 0 rings (SSSR count).